The summed E-state index contributed by atoms with van der Waals surface area (Å²) in [5, 5.41) is 0. The van der Waals surface area contributed by atoms with E-state index in [9.17, 15) is 8.78 Å². The van der Waals surface area contributed by atoms with Crippen LogP contribution in [0.1, 0.15) is 81.8 Å². The van der Waals surface area contributed by atoms with Gasteiger partial charge in [-0.15, -0.1) is 6.58 Å². The van der Waals surface area contributed by atoms with Crippen LogP contribution in [0.25, 0.3) is 0 Å². The molecule has 0 N–H and O–H groups in total. The average molecular weight is 377 g/mol. The Morgan fingerprint density at radius 3 is 2.22 bits per heavy atom. The van der Waals surface area contributed by atoms with E-state index >= 15 is 0 Å². The number of halogens is 2. The molecule has 0 spiro atoms. The highest BCUT2D eigenvalue weighted by Gasteiger charge is 2.35. The van der Waals surface area contributed by atoms with E-state index in [1.54, 1.807) is 0 Å². The van der Waals surface area contributed by atoms with E-state index in [4.69, 9.17) is 4.74 Å². The van der Waals surface area contributed by atoms with Gasteiger partial charge in [-0.1, -0.05) is 50.1 Å². The first kappa shape index (κ1) is 20.5. The van der Waals surface area contributed by atoms with E-state index in [0.29, 0.717) is 11.8 Å². The Bertz CT molecular complexity index is 579. The third-order valence-electron chi connectivity index (χ3n) is 6.67. The van der Waals surface area contributed by atoms with E-state index in [1.807, 2.05) is 18.2 Å². The van der Waals surface area contributed by atoms with Gasteiger partial charge in [-0.25, -0.2) is 0 Å². The molecule has 1 aromatic carbocycles. The molecule has 3 rings (SSSR count). The van der Waals surface area contributed by atoms with Crippen LogP contribution in [-0.2, 0) is 11.3 Å². The maximum Gasteiger partial charge on any atom is 0.356 e. The highest BCUT2D eigenvalue weighted by atomic mass is 19.3. The Hall–Kier alpha value is -1.22. The summed E-state index contributed by atoms with van der Waals surface area (Å²) in [7, 11) is 0. The number of hydrogen-bond acceptors (Lipinski definition) is 1. The Kier molecular flexibility index (Phi) is 7.08. The van der Waals surface area contributed by atoms with Crippen molar-refractivity contribution in [1.82, 2.24) is 0 Å². The van der Waals surface area contributed by atoms with Gasteiger partial charge in [0, 0.05) is 6.42 Å². The zero-order valence-corrected chi connectivity index (χ0v) is 16.6. The van der Waals surface area contributed by atoms with Crippen molar-refractivity contribution in [1.29, 1.82) is 0 Å². The fraction of sp³-hybridized carbons (Fsp3) is 0.667. The van der Waals surface area contributed by atoms with E-state index in [-0.39, 0.29) is 18.9 Å². The molecule has 0 atom stereocenters. The predicted octanol–water partition coefficient (Wildman–Crippen LogP) is 7.47. The second-order valence-corrected chi connectivity index (χ2v) is 8.85. The summed E-state index contributed by atoms with van der Waals surface area (Å²) in [6.07, 6.45) is 7.48. The maximum absolute atomic E-state index is 14.2. The van der Waals surface area contributed by atoms with Gasteiger partial charge in [0.2, 0.25) is 0 Å². The second-order valence-electron chi connectivity index (χ2n) is 8.85. The maximum atomic E-state index is 14.2. The molecule has 0 radical (unpaired) electrons. The summed E-state index contributed by atoms with van der Waals surface area (Å²) in [6, 6.07) is 8.12. The minimum Gasteiger partial charge on any atom is -0.316 e. The molecule has 0 saturated heterocycles. The molecule has 1 aromatic rings. The van der Waals surface area contributed by atoms with Crippen molar-refractivity contribution >= 4 is 0 Å². The third kappa shape index (κ3) is 6.14. The van der Waals surface area contributed by atoms with Crippen molar-refractivity contribution in [3.05, 3.63) is 48.0 Å². The lowest BCUT2D eigenvalue weighted by Crippen LogP contribution is -2.26. The van der Waals surface area contributed by atoms with Crippen LogP contribution in [0, 0.1) is 17.8 Å². The van der Waals surface area contributed by atoms with Crippen molar-refractivity contribution in [3.63, 3.8) is 0 Å². The Morgan fingerprint density at radius 1 is 1.00 bits per heavy atom. The lowest BCUT2D eigenvalue weighted by atomic mass is 9.79. The number of rotatable bonds is 7. The number of benzene rings is 1. The highest BCUT2D eigenvalue weighted by molar-refractivity contribution is 5.25. The molecular formula is C24H34F2O. The van der Waals surface area contributed by atoms with Gasteiger partial charge in [-0.2, -0.15) is 8.78 Å². The normalized spacial score (nSPS) is 29.4. The summed E-state index contributed by atoms with van der Waals surface area (Å²) in [6.45, 7) is 6.12. The van der Waals surface area contributed by atoms with Crippen molar-refractivity contribution in [2.45, 2.75) is 83.3 Å². The zero-order valence-electron chi connectivity index (χ0n) is 16.6. The SMILES string of the molecule is C=CC1CCC(CC(F)(F)OCc2ccc(C3CCC(C)CC3)cc2)CC1. The first-order chi connectivity index (χ1) is 12.9. The molecule has 3 heteroatoms. The molecule has 2 fully saturated rings. The summed E-state index contributed by atoms with van der Waals surface area (Å²) in [5.41, 5.74) is 2.18. The van der Waals surface area contributed by atoms with Crippen LogP contribution >= 0.6 is 0 Å². The standard InChI is InChI=1S/C24H34F2O/c1-3-19-6-8-20(9-7-19)16-24(25,26)27-17-21-10-14-23(15-11-21)22-12-4-18(2)5-13-22/h3,10-11,14-15,18-20,22H,1,4-9,12-13,16-17H2,2H3. The quantitative estimate of drug-likeness (QED) is 0.448. The lowest BCUT2D eigenvalue weighted by Gasteiger charge is -2.29. The second kappa shape index (κ2) is 9.32. The highest BCUT2D eigenvalue weighted by Crippen LogP contribution is 2.38. The molecule has 0 bridgehead atoms. The smallest absolute Gasteiger partial charge is 0.316 e. The molecule has 0 unspecified atom stereocenters. The van der Waals surface area contributed by atoms with Crippen molar-refractivity contribution in [2.75, 3.05) is 0 Å². The number of hydrogen-bond donors (Lipinski definition) is 0. The van der Waals surface area contributed by atoms with Gasteiger partial charge in [-0.05, 0) is 73.3 Å². The summed E-state index contributed by atoms with van der Waals surface area (Å²) >= 11 is 0. The first-order valence-electron chi connectivity index (χ1n) is 10.7. The molecule has 0 amide bonds. The molecule has 27 heavy (non-hydrogen) atoms. The first-order valence-corrected chi connectivity index (χ1v) is 10.7. The summed E-state index contributed by atoms with van der Waals surface area (Å²) in [4.78, 5) is 0. The summed E-state index contributed by atoms with van der Waals surface area (Å²) in [5.74, 6) is 2.03. The topological polar surface area (TPSA) is 9.23 Å². The van der Waals surface area contributed by atoms with Crippen molar-refractivity contribution in [2.24, 2.45) is 17.8 Å². The fourth-order valence-electron chi connectivity index (χ4n) is 4.69. The average Bonchev–Trinajstić information content (AvgIpc) is 2.68. The molecule has 1 nitrogen and oxygen atoms in total. The van der Waals surface area contributed by atoms with Crippen LogP contribution in [0.2, 0.25) is 0 Å². The van der Waals surface area contributed by atoms with Crippen LogP contribution in [0.3, 0.4) is 0 Å². The van der Waals surface area contributed by atoms with Crippen molar-refractivity contribution < 1.29 is 13.5 Å². The molecular weight excluding hydrogens is 342 g/mol. The van der Waals surface area contributed by atoms with E-state index in [1.165, 1.54) is 31.2 Å². The molecule has 2 aliphatic carbocycles. The van der Waals surface area contributed by atoms with E-state index < -0.39 is 6.11 Å². The van der Waals surface area contributed by atoms with Gasteiger partial charge in [-0.3, -0.25) is 0 Å². The minimum absolute atomic E-state index is 0.0169. The number of allylic oxidation sites excluding steroid dienone is 1. The van der Waals surface area contributed by atoms with Gasteiger partial charge < -0.3 is 4.74 Å². The van der Waals surface area contributed by atoms with Crippen LogP contribution in [0.15, 0.2) is 36.9 Å². The summed E-state index contributed by atoms with van der Waals surface area (Å²) < 4.78 is 33.5. The van der Waals surface area contributed by atoms with Crippen LogP contribution in [0.4, 0.5) is 8.78 Å². The molecule has 2 saturated carbocycles. The molecule has 2 aliphatic rings. The van der Waals surface area contributed by atoms with Crippen LogP contribution in [0.5, 0.6) is 0 Å². The lowest BCUT2D eigenvalue weighted by molar-refractivity contribution is -0.256. The monoisotopic (exact) mass is 376 g/mol. The van der Waals surface area contributed by atoms with Crippen LogP contribution in [-0.4, -0.2) is 6.11 Å². The Balaban J connectivity index is 1.45. The van der Waals surface area contributed by atoms with Gasteiger partial charge >= 0.3 is 6.11 Å². The van der Waals surface area contributed by atoms with Crippen LogP contribution < -0.4 is 0 Å². The molecule has 0 heterocycles. The van der Waals surface area contributed by atoms with Gasteiger partial charge in [0.05, 0.1) is 6.61 Å². The Labute approximate surface area is 163 Å². The van der Waals surface area contributed by atoms with E-state index in [2.05, 4.69) is 25.6 Å². The largest absolute Gasteiger partial charge is 0.356 e. The van der Waals surface area contributed by atoms with Crippen molar-refractivity contribution in [3.8, 4) is 0 Å². The van der Waals surface area contributed by atoms with Gasteiger partial charge in [0.1, 0.15) is 0 Å². The zero-order chi connectivity index (χ0) is 19.3. The number of alkyl halides is 2. The third-order valence-corrected chi connectivity index (χ3v) is 6.67. The predicted molar refractivity (Wildman–Crippen MR) is 107 cm³/mol. The number of ether oxygens (including phenoxy) is 1. The van der Waals surface area contributed by atoms with E-state index in [0.717, 1.165) is 37.2 Å². The molecule has 0 aromatic heterocycles. The molecule has 0 aliphatic heterocycles. The minimum atomic E-state index is -3.04. The van der Waals surface area contributed by atoms with Gasteiger partial charge in [0.25, 0.3) is 0 Å². The Morgan fingerprint density at radius 2 is 1.63 bits per heavy atom. The molecule has 150 valence electrons. The van der Waals surface area contributed by atoms with Gasteiger partial charge in [0.15, 0.2) is 0 Å². The fourth-order valence-corrected chi connectivity index (χ4v) is 4.69.